The van der Waals surface area contributed by atoms with Crippen LogP contribution in [0.4, 0.5) is 13.2 Å². The van der Waals surface area contributed by atoms with E-state index >= 15 is 0 Å². The first-order chi connectivity index (χ1) is 7.02. The van der Waals surface area contributed by atoms with Gasteiger partial charge in [-0.3, -0.25) is 4.90 Å². The van der Waals surface area contributed by atoms with Crippen LogP contribution in [0.5, 0.6) is 0 Å². The molecule has 98 valence electrons. The van der Waals surface area contributed by atoms with Crippen LogP contribution in [0.3, 0.4) is 0 Å². The zero-order valence-electron chi connectivity index (χ0n) is 10.8. The van der Waals surface area contributed by atoms with Gasteiger partial charge in [0.25, 0.3) is 0 Å². The van der Waals surface area contributed by atoms with Gasteiger partial charge >= 0.3 is 6.18 Å². The fraction of sp³-hybridized carbons (Fsp3) is 1.00. The van der Waals surface area contributed by atoms with Gasteiger partial charge in [0.05, 0.1) is 6.54 Å². The summed E-state index contributed by atoms with van der Waals surface area (Å²) in [6.45, 7) is 8.27. The molecule has 0 rings (SSSR count). The predicted molar refractivity (Wildman–Crippen MR) is 60.5 cm³/mol. The van der Waals surface area contributed by atoms with E-state index in [9.17, 15) is 13.2 Å². The van der Waals surface area contributed by atoms with E-state index in [0.29, 0.717) is 19.1 Å². The predicted octanol–water partition coefficient (Wildman–Crippen LogP) is 2.50. The smallest absolute Gasteiger partial charge is 0.314 e. The van der Waals surface area contributed by atoms with Crippen LogP contribution in [0, 0.1) is 5.41 Å². The van der Waals surface area contributed by atoms with E-state index in [-0.39, 0.29) is 5.41 Å². The van der Waals surface area contributed by atoms with Crippen molar-refractivity contribution >= 4 is 0 Å². The van der Waals surface area contributed by atoms with E-state index in [1.165, 1.54) is 11.9 Å². The summed E-state index contributed by atoms with van der Waals surface area (Å²) in [7, 11) is 1.50. The minimum absolute atomic E-state index is 0.162. The Morgan fingerprint density at radius 1 is 1.12 bits per heavy atom. The van der Waals surface area contributed by atoms with Gasteiger partial charge in [0.15, 0.2) is 0 Å². The Hall–Kier alpha value is -0.290. The van der Waals surface area contributed by atoms with Crippen LogP contribution in [0.2, 0.25) is 0 Å². The van der Waals surface area contributed by atoms with Crippen molar-refractivity contribution in [3.8, 4) is 0 Å². The van der Waals surface area contributed by atoms with Crippen molar-refractivity contribution in [3.63, 3.8) is 0 Å². The molecule has 0 radical (unpaired) electrons. The normalized spacial score (nSPS) is 13.9. The lowest BCUT2D eigenvalue weighted by Crippen LogP contribution is -2.43. The first kappa shape index (κ1) is 15.7. The highest BCUT2D eigenvalue weighted by atomic mass is 19.4. The van der Waals surface area contributed by atoms with Crippen LogP contribution in [0.15, 0.2) is 0 Å². The summed E-state index contributed by atoms with van der Waals surface area (Å²) in [5, 5.41) is 3.25. The summed E-state index contributed by atoms with van der Waals surface area (Å²) in [6.07, 6.45) is -4.11. The molecule has 0 spiro atoms. The first-order valence-corrected chi connectivity index (χ1v) is 5.50. The van der Waals surface area contributed by atoms with Gasteiger partial charge in [0, 0.05) is 19.1 Å². The van der Waals surface area contributed by atoms with Gasteiger partial charge in [0.2, 0.25) is 0 Å². The molecule has 0 saturated heterocycles. The van der Waals surface area contributed by atoms with E-state index in [0.717, 1.165) is 0 Å². The molecule has 0 heterocycles. The van der Waals surface area contributed by atoms with Crippen molar-refractivity contribution in [2.45, 2.75) is 39.9 Å². The van der Waals surface area contributed by atoms with Gasteiger partial charge in [-0.2, -0.15) is 13.2 Å². The molecule has 16 heavy (non-hydrogen) atoms. The van der Waals surface area contributed by atoms with E-state index in [1.54, 1.807) is 0 Å². The van der Waals surface area contributed by atoms with Crippen molar-refractivity contribution in [3.05, 3.63) is 0 Å². The molecule has 0 aromatic carbocycles. The summed E-state index contributed by atoms with van der Waals surface area (Å²) in [5.41, 5.74) is -0.162. The second-order valence-corrected chi connectivity index (χ2v) is 5.49. The lowest BCUT2D eigenvalue weighted by molar-refractivity contribution is -0.145. The Labute approximate surface area is 96.2 Å². The molecule has 5 heteroatoms. The molecule has 0 atom stereocenters. The summed E-state index contributed by atoms with van der Waals surface area (Å²) in [6, 6.07) is 0.354. The van der Waals surface area contributed by atoms with Crippen LogP contribution in [0.25, 0.3) is 0 Å². The number of hydrogen-bond acceptors (Lipinski definition) is 2. The van der Waals surface area contributed by atoms with Crippen LogP contribution in [-0.2, 0) is 0 Å². The van der Waals surface area contributed by atoms with E-state index in [1.807, 2.05) is 27.7 Å². The van der Waals surface area contributed by atoms with Crippen LogP contribution >= 0.6 is 0 Å². The molecule has 0 aromatic rings. The number of nitrogens with one attached hydrogen (secondary N) is 1. The van der Waals surface area contributed by atoms with Gasteiger partial charge in [0.1, 0.15) is 0 Å². The maximum absolute atomic E-state index is 12.1. The summed E-state index contributed by atoms with van der Waals surface area (Å²) in [5.74, 6) is 0. The Balaban J connectivity index is 4.04. The molecule has 0 aliphatic heterocycles. The van der Waals surface area contributed by atoms with E-state index in [2.05, 4.69) is 5.32 Å². The van der Waals surface area contributed by atoms with Crippen molar-refractivity contribution < 1.29 is 13.2 Å². The minimum atomic E-state index is -4.11. The molecular weight excluding hydrogens is 217 g/mol. The van der Waals surface area contributed by atoms with Crippen LogP contribution in [-0.4, -0.2) is 43.8 Å². The summed E-state index contributed by atoms with van der Waals surface area (Å²) < 4.78 is 36.4. The molecule has 0 amide bonds. The quantitative estimate of drug-likeness (QED) is 0.767. The minimum Gasteiger partial charge on any atom is -0.314 e. The highest BCUT2D eigenvalue weighted by molar-refractivity contribution is 4.77. The molecule has 1 N–H and O–H groups in total. The molecule has 0 unspecified atom stereocenters. The highest BCUT2D eigenvalue weighted by Crippen LogP contribution is 2.20. The van der Waals surface area contributed by atoms with Gasteiger partial charge in [-0.1, -0.05) is 27.7 Å². The fourth-order valence-electron chi connectivity index (χ4n) is 1.63. The Bertz CT molecular complexity index is 200. The summed E-state index contributed by atoms with van der Waals surface area (Å²) >= 11 is 0. The Kier molecular flexibility index (Phi) is 5.76. The van der Waals surface area contributed by atoms with E-state index < -0.39 is 12.7 Å². The van der Waals surface area contributed by atoms with Crippen molar-refractivity contribution in [2.75, 3.05) is 26.7 Å². The third kappa shape index (κ3) is 8.97. The number of nitrogens with zero attached hydrogens (tertiary/aromatic N) is 1. The largest absolute Gasteiger partial charge is 0.401 e. The Morgan fingerprint density at radius 2 is 1.62 bits per heavy atom. The monoisotopic (exact) mass is 240 g/mol. The third-order valence-corrected chi connectivity index (χ3v) is 2.14. The molecule has 0 aliphatic carbocycles. The van der Waals surface area contributed by atoms with Crippen molar-refractivity contribution in [1.29, 1.82) is 0 Å². The SMILES string of the molecule is CC(C)NCC(C)(C)CN(C)CC(F)(F)F. The second-order valence-electron chi connectivity index (χ2n) is 5.49. The average Bonchev–Trinajstić information content (AvgIpc) is 1.95. The lowest BCUT2D eigenvalue weighted by atomic mass is 9.92. The molecule has 0 aliphatic rings. The first-order valence-electron chi connectivity index (χ1n) is 5.50. The number of alkyl halides is 3. The number of rotatable bonds is 6. The van der Waals surface area contributed by atoms with Crippen molar-refractivity contribution in [1.82, 2.24) is 10.2 Å². The lowest BCUT2D eigenvalue weighted by Gasteiger charge is -2.31. The topological polar surface area (TPSA) is 15.3 Å². The zero-order chi connectivity index (χ0) is 13.0. The molecule has 0 aromatic heterocycles. The standard InChI is InChI=1S/C11H23F3N2/c1-9(2)15-6-10(3,4)7-16(5)8-11(12,13)14/h9,15H,6-8H2,1-5H3. The van der Waals surface area contributed by atoms with Crippen LogP contribution in [0.1, 0.15) is 27.7 Å². The second kappa shape index (κ2) is 5.87. The van der Waals surface area contributed by atoms with Gasteiger partial charge in [-0.25, -0.2) is 0 Å². The molecule has 2 nitrogen and oxygen atoms in total. The van der Waals surface area contributed by atoms with Gasteiger partial charge < -0.3 is 5.32 Å². The average molecular weight is 240 g/mol. The molecule has 0 fully saturated rings. The maximum atomic E-state index is 12.1. The highest BCUT2D eigenvalue weighted by Gasteiger charge is 2.31. The maximum Gasteiger partial charge on any atom is 0.401 e. The van der Waals surface area contributed by atoms with E-state index in [4.69, 9.17) is 0 Å². The Morgan fingerprint density at radius 3 is 2.00 bits per heavy atom. The molecule has 0 saturated carbocycles. The third-order valence-electron chi connectivity index (χ3n) is 2.14. The van der Waals surface area contributed by atoms with Gasteiger partial charge in [-0.05, 0) is 12.5 Å². The summed E-state index contributed by atoms with van der Waals surface area (Å²) in [4.78, 5) is 1.32. The van der Waals surface area contributed by atoms with Crippen LogP contribution < -0.4 is 5.32 Å². The fourth-order valence-corrected chi connectivity index (χ4v) is 1.63. The number of hydrogen-bond donors (Lipinski definition) is 1. The molecule has 0 bridgehead atoms. The number of halogens is 3. The van der Waals surface area contributed by atoms with Gasteiger partial charge in [-0.15, -0.1) is 0 Å². The van der Waals surface area contributed by atoms with Crippen molar-refractivity contribution in [2.24, 2.45) is 5.41 Å². The molecular formula is C11H23F3N2. The zero-order valence-corrected chi connectivity index (χ0v) is 10.8.